The van der Waals surface area contributed by atoms with Gasteiger partial charge < -0.3 is 24.8 Å². The average molecular weight is 392 g/mol. The van der Waals surface area contributed by atoms with Crippen LogP contribution in [0.5, 0.6) is 5.75 Å². The van der Waals surface area contributed by atoms with Gasteiger partial charge >= 0.3 is 0 Å². The number of ether oxygens (including phenoxy) is 3. The summed E-state index contributed by atoms with van der Waals surface area (Å²) in [5.41, 5.74) is 1.20. The van der Waals surface area contributed by atoms with Gasteiger partial charge in [-0.05, 0) is 63.6 Å². The maximum Gasteiger partial charge on any atom is 0.191 e. The molecule has 0 aromatic heterocycles. The third-order valence-corrected chi connectivity index (χ3v) is 4.63. The molecule has 1 heterocycles. The molecule has 1 unspecified atom stereocenters. The summed E-state index contributed by atoms with van der Waals surface area (Å²) in [7, 11) is 0. The molecule has 28 heavy (non-hydrogen) atoms. The summed E-state index contributed by atoms with van der Waals surface area (Å²) in [6.45, 7) is 11.8. The van der Waals surface area contributed by atoms with E-state index in [1.807, 2.05) is 25.1 Å². The number of hydrogen-bond acceptors (Lipinski definition) is 4. The van der Waals surface area contributed by atoms with E-state index in [9.17, 15) is 0 Å². The van der Waals surface area contributed by atoms with Crippen LogP contribution in [-0.2, 0) is 9.47 Å². The fraction of sp³-hybridized carbons (Fsp3) is 0.682. The Balaban J connectivity index is 1.62. The van der Waals surface area contributed by atoms with Gasteiger partial charge in [-0.3, -0.25) is 0 Å². The minimum atomic E-state index is 0.0139. The summed E-state index contributed by atoms with van der Waals surface area (Å²) in [6, 6.07) is 8.10. The number of nitrogens with one attached hydrogen (secondary N) is 2. The minimum Gasteiger partial charge on any atom is -0.489 e. The molecule has 0 radical (unpaired) electrons. The van der Waals surface area contributed by atoms with E-state index in [0.29, 0.717) is 12.5 Å². The summed E-state index contributed by atoms with van der Waals surface area (Å²) < 4.78 is 17.1. The Morgan fingerprint density at radius 1 is 1.29 bits per heavy atom. The summed E-state index contributed by atoms with van der Waals surface area (Å²) in [4.78, 5) is 4.64. The average Bonchev–Trinajstić information content (AvgIpc) is 2.69. The normalized spacial score (nSPS) is 16.6. The van der Waals surface area contributed by atoms with Crippen LogP contribution in [0.2, 0.25) is 0 Å². The van der Waals surface area contributed by atoms with Crippen LogP contribution < -0.4 is 15.4 Å². The lowest BCUT2D eigenvalue weighted by Gasteiger charge is -2.21. The molecular formula is C22H37N3O3. The van der Waals surface area contributed by atoms with Crippen LogP contribution >= 0.6 is 0 Å². The van der Waals surface area contributed by atoms with Crippen molar-refractivity contribution < 1.29 is 14.2 Å². The molecule has 2 N–H and O–H groups in total. The molecule has 0 aliphatic carbocycles. The van der Waals surface area contributed by atoms with Gasteiger partial charge in [-0.1, -0.05) is 12.1 Å². The third-order valence-electron chi connectivity index (χ3n) is 4.63. The van der Waals surface area contributed by atoms with Crippen LogP contribution in [-0.4, -0.2) is 58.1 Å². The zero-order chi connectivity index (χ0) is 20.0. The monoisotopic (exact) mass is 391 g/mol. The van der Waals surface area contributed by atoms with Crippen molar-refractivity contribution in [3.63, 3.8) is 0 Å². The van der Waals surface area contributed by atoms with Gasteiger partial charge in [0.25, 0.3) is 0 Å². The second-order valence-electron chi connectivity index (χ2n) is 7.38. The van der Waals surface area contributed by atoms with E-state index in [0.717, 1.165) is 70.5 Å². The lowest BCUT2D eigenvalue weighted by atomic mass is 10.0. The molecule has 0 spiro atoms. The molecule has 1 fully saturated rings. The van der Waals surface area contributed by atoms with Crippen molar-refractivity contribution in [1.29, 1.82) is 0 Å². The van der Waals surface area contributed by atoms with Crippen LogP contribution in [0.1, 0.15) is 38.7 Å². The maximum absolute atomic E-state index is 5.95. The molecule has 0 saturated carbocycles. The molecular weight excluding hydrogens is 354 g/mol. The van der Waals surface area contributed by atoms with Crippen molar-refractivity contribution in [2.24, 2.45) is 10.9 Å². The van der Waals surface area contributed by atoms with Crippen LogP contribution in [0.25, 0.3) is 0 Å². The Bertz CT molecular complexity index is 574. The fourth-order valence-corrected chi connectivity index (χ4v) is 3.06. The van der Waals surface area contributed by atoms with Crippen molar-refractivity contribution in [2.75, 3.05) is 46.1 Å². The van der Waals surface area contributed by atoms with E-state index >= 15 is 0 Å². The van der Waals surface area contributed by atoms with Crippen molar-refractivity contribution in [3.05, 3.63) is 29.8 Å². The van der Waals surface area contributed by atoms with Gasteiger partial charge in [-0.25, -0.2) is 4.99 Å². The lowest BCUT2D eigenvalue weighted by molar-refractivity contribution is 0.0203. The Morgan fingerprint density at radius 2 is 2.11 bits per heavy atom. The first-order chi connectivity index (χ1) is 13.7. The lowest BCUT2D eigenvalue weighted by Crippen LogP contribution is -2.38. The Kier molecular flexibility index (Phi) is 10.8. The van der Waals surface area contributed by atoms with Gasteiger partial charge in [0.2, 0.25) is 0 Å². The molecule has 6 heteroatoms. The topological polar surface area (TPSA) is 64.1 Å². The Morgan fingerprint density at radius 3 is 2.86 bits per heavy atom. The Hall–Kier alpha value is -1.79. The fourth-order valence-electron chi connectivity index (χ4n) is 3.06. The molecule has 1 aromatic carbocycles. The first-order valence-corrected chi connectivity index (χ1v) is 10.6. The van der Waals surface area contributed by atoms with Crippen LogP contribution in [0, 0.1) is 12.8 Å². The highest BCUT2D eigenvalue weighted by Crippen LogP contribution is 2.15. The minimum absolute atomic E-state index is 0.0139. The van der Waals surface area contributed by atoms with E-state index in [1.54, 1.807) is 0 Å². The SMILES string of the molecule is CCNC(=NCC(C)Oc1cccc(C)c1)NCCCOCC1CCOCC1. The van der Waals surface area contributed by atoms with Crippen LogP contribution in [0.15, 0.2) is 29.3 Å². The van der Waals surface area contributed by atoms with E-state index in [2.05, 4.69) is 35.5 Å². The third kappa shape index (κ3) is 9.42. The van der Waals surface area contributed by atoms with E-state index in [1.165, 1.54) is 5.56 Å². The second-order valence-corrected chi connectivity index (χ2v) is 7.38. The number of hydrogen-bond donors (Lipinski definition) is 2. The van der Waals surface area contributed by atoms with Crippen LogP contribution in [0.4, 0.5) is 0 Å². The smallest absolute Gasteiger partial charge is 0.191 e. The molecule has 1 atom stereocenters. The molecule has 1 aliphatic rings. The zero-order valence-electron chi connectivity index (χ0n) is 17.7. The quantitative estimate of drug-likeness (QED) is 0.345. The Labute approximate surface area is 170 Å². The highest BCUT2D eigenvalue weighted by atomic mass is 16.5. The number of aryl methyl sites for hydroxylation is 1. The summed E-state index contributed by atoms with van der Waals surface area (Å²) in [5, 5.41) is 6.65. The number of rotatable bonds is 11. The summed E-state index contributed by atoms with van der Waals surface area (Å²) >= 11 is 0. The molecule has 0 amide bonds. The van der Waals surface area contributed by atoms with E-state index in [4.69, 9.17) is 14.2 Å². The molecule has 1 aliphatic heterocycles. The molecule has 6 nitrogen and oxygen atoms in total. The predicted molar refractivity (Wildman–Crippen MR) is 114 cm³/mol. The maximum atomic E-state index is 5.95. The van der Waals surface area contributed by atoms with Gasteiger partial charge in [-0.15, -0.1) is 0 Å². The van der Waals surface area contributed by atoms with Crippen LogP contribution in [0.3, 0.4) is 0 Å². The first kappa shape index (κ1) is 22.5. The first-order valence-electron chi connectivity index (χ1n) is 10.6. The predicted octanol–water partition coefficient (Wildman–Crippen LogP) is 3.15. The van der Waals surface area contributed by atoms with E-state index < -0.39 is 0 Å². The highest BCUT2D eigenvalue weighted by Gasteiger charge is 2.13. The van der Waals surface area contributed by atoms with Crippen molar-refractivity contribution in [1.82, 2.24) is 10.6 Å². The molecule has 1 aromatic rings. The molecule has 2 rings (SSSR count). The zero-order valence-corrected chi connectivity index (χ0v) is 17.7. The molecule has 0 bridgehead atoms. The number of nitrogens with zero attached hydrogens (tertiary/aromatic N) is 1. The van der Waals surface area contributed by atoms with E-state index in [-0.39, 0.29) is 6.10 Å². The highest BCUT2D eigenvalue weighted by molar-refractivity contribution is 5.79. The van der Waals surface area contributed by atoms with Crippen molar-refractivity contribution in [2.45, 2.75) is 46.1 Å². The van der Waals surface area contributed by atoms with Crippen molar-refractivity contribution >= 4 is 5.96 Å². The van der Waals surface area contributed by atoms with Crippen molar-refractivity contribution in [3.8, 4) is 5.75 Å². The van der Waals surface area contributed by atoms with Gasteiger partial charge in [0, 0.05) is 39.5 Å². The number of benzene rings is 1. The summed E-state index contributed by atoms with van der Waals surface area (Å²) in [5.74, 6) is 2.38. The van der Waals surface area contributed by atoms with Gasteiger partial charge in [0.1, 0.15) is 11.9 Å². The largest absolute Gasteiger partial charge is 0.489 e. The number of aliphatic imine (C=N–C) groups is 1. The van der Waals surface area contributed by atoms with Gasteiger partial charge in [0.15, 0.2) is 5.96 Å². The molecule has 1 saturated heterocycles. The number of guanidine groups is 1. The standard InChI is InChI=1S/C22H37N3O3/c1-4-23-22(24-11-6-12-27-17-20-9-13-26-14-10-20)25-16-19(3)28-21-8-5-7-18(2)15-21/h5,7-8,15,19-20H,4,6,9-14,16-17H2,1-3H3,(H2,23,24,25). The van der Waals surface area contributed by atoms with Gasteiger partial charge in [0.05, 0.1) is 6.54 Å². The molecule has 158 valence electrons. The van der Waals surface area contributed by atoms with Gasteiger partial charge in [-0.2, -0.15) is 0 Å². The second kappa shape index (κ2) is 13.4. The summed E-state index contributed by atoms with van der Waals surface area (Å²) in [6.07, 6.45) is 3.22.